The van der Waals surface area contributed by atoms with Crippen LogP contribution in [-0.2, 0) is 4.79 Å². The summed E-state index contributed by atoms with van der Waals surface area (Å²) in [6.07, 6.45) is 1.80. The molecule has 0 N–H and O–H groups in total. The highest BCUT2D eigenvalue weighted by molar-refractivity contribution is 9.10. The Morgan fingerprint density at radius 3 is 2.75 bits per heavy atom. The van der Waals surface area contributed by atoms with Crippen molar-refractivity contribution >= 4 is 49.9 Å². The molecule has 1 fully saturated rings. The Morgan fingerprint density at radius 1 is 1.38 bits per heavy atom. The minimum Gasteiger partial charge on any atom is -0.482 e. The van der Waals surface area contributed by atoms with Crippen molar-refractivity contribution in [3.63, 3.8) is 0 Å². The van der Waals surface area contributed by atoms with Gasteiger partial charge in [-0.1, -0.05) is 27.5 Å². The maximum Gasteiger partial charge on any atom is 0.260 e. The predicted molar refractivity (Wildman–Crippen MR) is 100 cm³/mol. The van der Waals surface area contributed by atoms with Crippen molar-refractivity contribution in [2.75, 3.05) is 37.7 Å². The monoisotopic (exact) mass is 429 g/mol. The number of amides is 1. The first-order valence-corrected chi connectivity index (χ1v) is 9.60. The Kier molecular flexibility index (Phi) is 5.63. The van der Waals surface area contributed by atoms with Crippen LogP contribution in [0.4, 0.5) is 5.13 Å². The molecule has 2 aromatic rings. The number of anilines is 1. The van der Waals surface area contributed by atoms with E-state index in [-0.39, 0.29) is 12.5 Å². The molecule has 0 spiro atoms. The number of carbonyl (C=O) groups is 1. The largest absolute Gasteiger partial charge is 0.482 e. The molecule has 0 unspecified atom stereocenters. The van der Waals surface area contributed by atoms with Crippen LogP contribution < -0.4 is 9.64 Å². The second kappa shape index (κ2) is 7.72. The van der Waals surface area contributed by atoms with Gasteiger partial charge in [-0.05, 0) is 24.6 Å². The van der Waals surface area contributed by atoms with Gasteiger partial charge in [-0.3, -0.25) is 4.79 Å². The number of piperazine rings is 1. The van der Waals surface area contributed by atoms with Gasteiger partial charge >= 0.3 is 0 Å². The molecular weight excluding hydrogens is 414 g/mol. The molecule has 0 saturated carbocycles. The van der Waals surface area contributed by atoms with Gasteiger partial charge in [-0.2, -0.15) is 0 Å². The summed E-state index contributed by atoms with van der Waals surface area (Å²) in [4.78, 5) is 20.7. The molecule has 0 bridgehead atoms. The Balaban J connectivity index is 1.53. The molecule has 3 rings (SSSR count). The number of benzene rings is 1. The summed E-state index contributed by atoms with van der Waals surface area (Å²) in [6, 6.07) is 3.68. The topological polar surface area (TPSA) is 45.7 Å². The normalized spacial score (nSPS) is 14.8. The van der Waals surface area contributed by atoms with Crippen LogP contribution in [0.3, 0.4) is 0 Å². The van der Waals surface area contributed by atoms with Crippen LogP contribution in [0.25, 0.3) is 0 Å². The van der Waals surface area contributed by atoms with Crippen molar-refractivity contribution in [2.45, 2.75) is 6.92 Å². The summed E-state index contributed by atoms with van der Waals surface area (Å²) < 4.78 is 6.56. The zero-order valence-corrected chi connectivity index (χ0v) is 16.3. The van der Waals surface area contributed by atoms with E-state index in [1.54, 1.807) is 23.6 Å². The lowest BCUT2D eigenvalue weighted by atomic mass is 10.2. The third-order valence-electron chi connectivity index (χ3n) is 3.86. The number of halogens is 2. The first kappa shape index (κ1) is 17.5. The van der Waals surface area contributed by atoms with Crippen molar-refractivity contribution in [1.29, 1.82) is 0 Å². The molecule has 8 heteroatoms. The molecule has 1 amide bonds. The highest BCUT2D eigenvalue weighted by Gasteiger charge is 2.23. The average Bonchev–Trinajstić information content (AvgIpc) is 3.08. The van der Waals surface area contributed by atoms with E-state index in [1.807, 2.05) is 23.3 Å². The standard InChI is InChI=1S/C16H17BrClN3O2S/c1-11-8-12(17)9-13(18)15(11)23-10-14(22)20-3-5-21(6-4-20)16-19-2-7-24-16/h2,7-9H,3-6,10H2,1H3. The lowest BCUT2D eigenvalue weighted by molar-refractivity contribution is -0.133. The number of nitrogens with zero attached hydrogens (tertiary/aromatic N) is 3. The van der Waals surface area contributed by atoms with Gasteiger partial charge in [0.15, 0.2) is 11.7 Å². The zero-order valence-electron chi connectivity index (χ0n) is 13.2. The van der Waals surface area contributed by atoms with Crippen molar-refractivity contribution in [3.8, 4) is 5.75 Å². The second-order valence-electron chi connectivity index (χ2n) is 5.50. The zero-order chi connectivity index (χ0) is 17.1. The summed E-state index contributed by atoms with van der Waals surface area (Å²) in [5, 5.41) is 3.48. The molecular formula is C16H17BrClN3O2S. The third-order valence-corrected chi connectivity index (χ3v) is 5.43. The van der Waals surface area contributed by atoms with E-state index in [0.29, 0.717) is 23.9 Å². The Hall–Kier alpha value is -1.31. The molecule has 0 atom stereocenters. The van der Waals surface area contributed by atoms with Gasteiger partial charge in [-0.15, -0.1) is 11.3 Å². The van der Waals surface area contributed by atoms with Gasteiger partial charge in [0.2, 0.25) is 0 Å². The molecule has 1 aromatic heterocycles. The number of hydrogen-bond donors (Lipinski definition) is 0. The van der Waals surface area contributed by atoms with E-state index in [9.17, 15) is 4.79 Å². The number of aryl methyl sites for hydroxylation is 1. The van der Waals surface area contributed by atoms with Crippen LogP contribution in [0.2, 0.25) is 5.02 Å². The molecule has 1 aliphatic heterocycles. The summed E-state index contributed by atoms with van der Waals surface area (Å²) in [6.45, 7) is 4.83. The van der Waals surface area contributed by atoms with Crippen LogP contribution in [0.15, 0.2) is 28.2 Å². The first-order valence-electron chi connectivity index (χ1n) is 7.55. The number of rotatable bonds is 4. The maximum absolute atomic E-state index is 12.4. The fourth-order valence-electron chi connectivity index (χ4n) is 2.62. The van der Waals surface area contributed by atoms with E-state index in [2.05, 4.69) is 25.8 Å². The van der Waals surface area contributed by atoms with E-state index in [0.717, 1.165) is 28.3 Å². The summed E-state index contributed by atoms with van der Waals surface area (Å²) in [5.74, 6) is 0.543. The predicted octanol–water partition coefficient (Wildman–Crippen LogP) is 3.60. The minimum atomic E-state index is -0.0211. The quantitative estimate of drug-likeness (QED) is 0.743. The molecule has 1 aromatic carbocycles. The second-order valence-corrected chi connectivity index (χ2v) is 7.70. The fraction of sp³-hybridized carbons (Fsp3) is 0.375. The highest BCUT2D eigenvalue weighted by atomic mass is 79.9. The van der Waals surface area contributed by atoms with Crippen molar-refractivity contribution in [3.05, 3.63) is 38.8 Å². The fourth-order valence-corrected chi connectivity index (χ4v) is 4.34. The third kappa shape index (κ3) is 4.02. The van der Waals surface area contributed by atoms with Gasteiger partial charge < -0.3 is 14.5 Å². The van der Waals surface area contributed by atoms with Gasteiger partial charge in [0, 0.05) is 42.2 Å². The first-order chi connectivity index (χ1) is 11.5. The molecule has 1 aliphatic rings. The Labute approximate surface area is 158 Å². The number of ether oxygens (including phenoxy) is 1. The number of carbonyl (C=O) groups excluding carboxylic acids is 1. The molecule has 5 nitrogen and oxygen atoms in total. The smallest absolute Gasteiger partial charge is 0.260 e. The van der Waals surface area contributed by atoms with Gasteiger partial charge in [-0.25, -0.2) is 4.98 Å². The van der Waals surface area contributed by atoms with Gasteiger partial charge in [0.05, 0.1) is 5.02 Å². The van der Waals surface area contributed by atoms with Gasteiger partial charge in [0.1, 0.15) is 5.75 Å². The lowest BCUT2D eigenvalue weighted by Crippen LogP contribution is -2.50. The Bertz CT molecular complexity index is 695. The minimum absolute atomic E-state index is 0.000551. The van der Waals surface area contributed by atoms with Crippen molar-refractivity contribution in [1.82, 2.24) is 9.88 Å². The summed E-state index contributed by atoms with van der Waals surface area (Å²) >= 11 is 11.2. The summed E-state index contributed by atoms with van der Waals surface area (Å²) in [7, 11) is 0. The van der Waals surface area contributed by atoms with Crippen LogP contribution >= 0.6 is 38.9 Å². The molecule has 1 saturated heterocycles. The van der Waals surface area contributed by atoms with Gasteiger partial charge in [0.25, 0.3) is 5.91 Å². The van der Waals surface area contributed by atoms with Crippen molar-refractivity contribution in [2.24, 2.45) is 0 Å². The summed E-state index contributed by atoms with van der Waals surface area (Å²) in [5.41, 5.74) is 0.899. The van der Waals surface area contributed by atoms with Crippen LogP contribution in [0.1, 0.15) is 5.56 Å². The highest BCUT2D eigenvalue weighted by Crippen LogP contribution is 2.32. The van der Waals surface area contributed by atoms with Crippen molar-refractivity contribution < 1.29 is 9.53 Å². The van der Waals surface area contributed by atoms with Crippen LogP contribution in [-0.4, -0.2) is 48.6 Å². The van der Waals surface area contributed by atoms with E-state index in [4.69, 9.17) is 16.3 Å². The number of hydrogen-bond acceptors (Lipinski definition) is 5. The molecule has 2 heterocycles. The SMILES string of the molecule is Cc1cc(Br)cc(Cl)c1OCC(=O)N1CCN(c2nccs2)CC1. The number of aromatic nitrogens is 1. The lowest BCUT2D eigenvalue weighted by Gasteiger charge is -2.34. The molecule has 0 aliphatic carbocycles. The maximum atomic E-state index is 12.4. The molecule has 24 heavy (non-hydrogen) atoms. The van der Waals surface area contributed by atoms with Crippen LogP contribution in [0, 0.1) is 6.92 Å². The number of thiazole rings is 1. The Morgan fingerprint density at radius 2 is 2.12 bits per heavy atom. The van der Waals surface area contributed by atoms with E-state index >= 15 is 0 Å². The van der Waals surface area contributed by atoms with Crippen LogP contribution in [0.5, 0.6) is 5.75 Å². The average molecular weight is 431 g/mol. The molecule has 0 radical (unpaired) electrons. The van der Waals surface area contributed by atoms with E-state index < -0.39 is 0 Å². The molecule has 128 valence electrons. The van der Waals surface area contributed by atoms with E-state index in [1.165, 1.54) is 0 Å².